The van der Waals surface area contributed by atoms with Crippen molar-refractivity contribution in [1.29, 1.82) is 5.26 Å². The second-order valence-electron chi connectivity index (χ2n) is 8.13. The molecular formula is C21H28N8O2. The summed E-state index contributed by atoms with van der Waals surface area (Å²) in [4.78, 5) is 25.2. The van der Waals surface area contributed by atoms with E-state index < -0.39 is 0 Å². The number of piperazine rings is 1. The number of carbonyl (C=O) groups excluding carboxylic acids is 1. The van der Waals surface area contributed by atoms with E-state index in [1.165, 1.54) is 0 Å². The summed E-state index contributed by atoms with van der Waals surface area (Å²) in [5, 5.41) is 17.5. The lowest BCUT2D eigenvalue weighted by atomic mass is 10.2. The number of hydrogen-bond acceptors (Lipinski definition) is 9. The van der Waals surface area contributed by atoms with E-state index in [1.54, 1.807) is 13.1 Å². The monoisotopic (exact) mass is 424 g/mol. The van der Waals surface area contributed by atoms with Crippen molar-refractivity contribution in [3.05, 3.63) is 29.9 Å². The molecule has 0 aliphatic carbocycles. The predicted octanol–water partition coefficient (Wildman–Crippen LogP) is 0.894. The molecule has 31 heavy (non-hydrogen) atoms. The van der Waals surface area contributed by atoms with Gasteiger partial charge in [0.15, 0.2) is 11.7 Å². The summed E-state index contributed by atoms with van der Waals surface area (Å²) in [6, 6.07) is 6.31. The number of aryl methyl sites for hydroxylation is 1. The van der Waals surface area contributed by atoms with Crippen molar-refractivity contribution in [1.82, 2.24) is 25.0 Å². The van der Waals surface area contributed by atoms with Crippen molar-refractivity contribution in [2.24, 2.45) is 0 Å². The van der Waals surface area contributed by atoms with Crippen LogP contribution < -0.4 is 9.80 Å². The number of oxazole rings is 1. The van der Waals surface area contributed by atoms with Crippen LogP contribution in [-0.2, 0) is 4.79 Å². The number of hydrogen-bond donors (Lipinski definition) is 0. The highest BCUT2D eigenvalue weighted by molar-refractivity contribution is 5.78. The molecule has 0 saturated carbocycles. The van der Waals surface area contributed by atoms with Gasteiger partial charge in [0.25, 0.3) is 0 Å². The lowest BCUT2D eigenvalue weighted by molar-refractivity contribution is -0.132. The predicted molar refractivity (Wildman–Crippen MR) is 115 cm³/mol. The highest BCUT2D eigenvalue weighted by Crippen LogP contribution is 2.24. The Balaban J connectivity index is 1.27. The molecule has 4 heterocycles. The van der Waals surface area contributed by atoms with Gasteiger partial charge < -0.3 is 19.1 Å². The third-order valence-electron chi connectivity index (χ3n) is 5.90. The smallest absolute Gasteiger partial charge is 0.236 e. The molecule has 1 atom stereocenters. The average Bonchev–Trinajstić information content (AvgIpc) is 3.40. The molecule has 0 bridgehead atoms. The van der Waals surface area contributed by atoms with Crippen LogP contribution in [0.1, 0.15) is 24.4 Å². The van der Waals surface area contributed by atoms with Gasteiger partial charge in [-0.05, 0) is 32.0 Å². The van der Waals surface area contributed by atoms with E-state index in [-0.39, 0.29) is 5.91 Å². The van der Waals surface area contributed by atoms with Crippen molar-refractivity contribution in [3.8, 4) is 6.07 Å². The minimum absolute atomic E-state index is 0.125. The molecule has 10 heteroatoms. The summed E-state index contributed by atoms with van der Waals surface area (Å²) in [6.45, 7) is 6.36. The molecule has 2 saturated heterocycles. The number of carbonyl (C=O) groups is 1. The molecular weight excluding hydrogens is 396 g/mol. The Morgan fingerprint density at radius 2 is 2.13 bits per heavy atom. The minimum atomic E-state index is 0.125. The largest absolute Gasteiger partial charge is 0.424 e. The van der Waals surface area contributed by atoms with Gasteiger partial charge in [0.2, 0.25) is 17.5 Å². The Kier molecular flexibility index (Phi) is 6.32. The number of likely N-dealkylation sites (N-methyl/N-ethyl adjacent to an activating group) is 1. The van der Waals surface area contributed by atoms with Gasteiger partial charge in [-0.25, -0.2) is 4.98 Å². The van der Waals surface area contributed by atoms with Crippen molar-refractivity contribution >= 4 is 17.6 Å². The zero-order chi connectivity index (χ0) is 21.8. The first-order valence-electron chi connectivity index (χ1n) is 10.7. The van der Waals surface area contributed by atoms with E-state index >= 15 is 0 Å². The summed E-state index contributed by atoms with van der Waals surface area (Å²) in [5.74, 6) is 2.02. The van der Waals surface area contributed by atoms with E-state index in [9.17, 15) is 10.1 Å². The zero-order valence-electron chi connectivity index (χ0n) is 18.1. The maximum Gasteiger partial charge on any atom is 0.236 e. The highest BCUT2D eigenvalue weighted by Gasteiger charge is 2.29. The SMILES string of the molecule is Cc1nc(C#N)c(N2CCN(C(=O)CN(C)CC3CCCN3c3cccnn3)CC2)o1. The summed E-state index contributed by atoms with van der Waals surface area (Å²) < 4.78 is 5.59. The van der Waals surface area contributed by atoms with E-state index in [0.29, 0.717) is 56.2 Å². The molecule has 164 valence electrons. The topological polar surface area (TPSA) is 106 Å². The molecule has 0 spiro atoms. The van der Waals surface area contributed by atoms with Gasteiger partial charge >= 0.3 is 0 Å². The molecule has 1 unspecified atom stereocenters. The average molecular weight is 425 g/mol. The second kappa shape index (κ2) is 9.31. The lowest BCUT2D eigenvalue weighted by Crippen LogP contribution is -2.51. The molecule has 4 rings (SSSR count). The molecule has 2 fully saturated rings. The fraction of sp³-hybridized carbons (Fsp3) is 0.571. The van der Waals surface area contributed by atoms with Crippen LogP contribution in [0.5, 0.6) is 0 Å². The van der Waals surface area contributed by atoms with Gasteiger partial charge in [-0.1, -0.05) is 0 Å². The maximum atomic E-state index is 12.8. The summed E-state index contributed by atoms with van der Waals surface area (Å²) in [5.41, 5.74) is 0.307. The summed E-state index contributed by atoms with van der Waals surface area (Å²) >= 11 is 0. The molecule has 1 amide bonds. The van der Waals surface area contributed by atoms with Crippen LogP contribution in [0.25, 0.3) is 0 Å². The highest BCUT2D eigenvalue weighted by atomic mass is 16.4. The first-order valence-corrected chi connectivity index (χ1v) is 10.7. The Bertz CT molecular complexity index is 933. The zero-order valence-corrected chi connectivity index (χ0v) is 18.1. The Labute approximate surface area is 182 Å². The van der Waals surface area contributed by atoms with E-state index in [2.05, 4.69) is 31.1 Å². The quantitative estimate of drug-likeness (QED) is 0.668. The number of anilines is 2. The second-order valence-corrected chi connectivity index (χ2v) is 8.13. The molecule has 0 radical (unpaired) electrons. The Morgan fingerprint density at radius 3 is 2.84 bits per heavy atom. The van der Waals surface area contributed by atoms with Crippen LogP contribution in [0.4, 0.5) is 11.7 Å². The first-order chi connectivity index (χ1) is 15.0. The minimum Gasteiger partial charge on any atom is -0.424 e. The van der Waals surface area contributed by atoms with Gasteiger partial charge in [0.1, 0.15) is 6.07 Å². The summed E-state index contributed by atoms with van der Waals surface area (Å²) in [6.07, 6.45) is 3.90. The lowest BCUT2D eigenvalue weighted by Gasteiger charge is -2.35. The normalized spacial score (nSPS) is 19.2. The van der Waals surface area contributed by atoms with Crippen LogP contribution in [0.3, 0.4) is 0 Å². The number of rotatable bonds is 6. The van der Waals surface area contributed by atoms with Crippen LogP contribution in [0.15, 0.2) is 22.7 Å². The third-order valence-corrected chi connectivity index (χ3v) is 5.90. The van der Waals surface area contributed by atoms with E-state index in [4.69, 9.17) is 4.42 Å². The maximum absolute atomic E-state index is 12.8. The van der Waals surface area contributed by atoms with Gasteiger partial charge in [-0.2, -0.15) is 10.4 Å². The first kappa shape index (κ1) is 21.1. The molecule has 10 nitrogen and oxygen atoms in total. The van der Waals surface area contributed by atoms with Crippen molar-refractivity contribution < 1.29 is 9.21 Å². The third kappa shape index (κ3) is 4.77. The van der Waals surface area contributed by atoms with Gasteiger partial charge in [-0.15, -0.1) is 5.10 Å². The molecule has 0 N–H and O–H groups in total. The number of aromatic nitrogens is 3. The van der Waals surface area contributed by atoms with Gasteiger partial charge in [0, 0.05) is 58.4 Å². The van der Waals surface area contributed by atoms with Crippen molar-refractivity contribution in [2.45, 2.75) is 25.8 Å². The fourth-order valence-electron chi connectivity index (χ4n) is 4.39. The van der Waals surface area contributed by atoms with Crippen LogP contribution in [0, 0.1) is 18.3 Å². The number of amides is 1. The van der Waals surface area contributed by atoms with Crippen LogP contribution >= 0.6 is 0 Å². The van der Waals surface area contributed by atoms with Crippen LogP contribution in [0.2, 0.25) is 0 Å². The summed E-state index contributed by atoms with van der Waals surface area (Å²) in [7, 11) is 2.00. The Hall–Kier alpha value is -3.19. The molecule has 2 aromatic heterocycles. The molecule has 2 aliphatic rings. The standard InChI is InChI=1S/C21H28N8O2/c1-16-24-18(13-22)21(31-16)28-11-9-27(10-12-28)20(30)15-26(2)14-17-5-4-8-29(17)19-6-3-7-23-25-19/h3,6-7,17H,4-5,8-12,14-15H2,1-2H3. The molecule has 2 aliphatic heterocycles. The van der Waals surface area contributed by atoms with Gasteiger partial charge in [-0.3, -0.25) is 9.69 Å². The number of nitrogens with zero attached hydrogens (tertiary/aromatic N) is 8. The molecule has 2 aromatic rings. The van der Waals surface area contributed by atoms with Crippen molar-refractivity contribution in [2.75, 3.05) is 62.7 Å². The van der Waals surface area contributed by atoms with Gasteiger partial charge in [0.05, 0.1) is 6.54 Å². The van der Waals surface area contributed by atoms with E-state index in [0.717, 1.165) is 31.7 Å². The molecule has 0 aromatic carbocycles. The fourth-order valence-corrected chi connectivity index (χ4v) is 4.39. The van der Waals surface area contributed by atoms with Crippen LogP contribution in [-0.4, -0.2) is 89.8 Å². The van der Waals surface area contributed by atoms with Crippen molar-refractivity contribution in [3.63, 3.8) is 0 Å². The Morgan fingerprint density at radius 1 is 1.32 bits per heavy atom. The van der Waals surface area contributed by atoms with E-state index in [1.807, 2.05) is 29.0 Å². The number of nitriles is 1.